The summed E-state index contributed by atoms with van der Waals surface area (Å²) in [5.74, 6) is -0.256. The van der Waals surface area contributed by atoms with Gasteiger partial charge in [-0.2, -0.15) is 0 Å². The van der Waals surface area contributed by atoms with Crippen molar-refractivity contribution >= 4 is 22.6 Å². The number of fused-ring (bicyclic) bond motifs is 3. The molecular weight excluding hydrogens is 348 g/mol. The zero-order valence-corrected chi connectivity index (χ0v) is 16.4. The minimum Gasteiger partial charge on any atom is -0.349 e. The summed E-state index contributed by atoms with van der Waals surface area (Å²) in [5, 5.41) is 5.02. The molecule has 1 heterocycles. The minimum atomic E-state index is -0.668. The van der Waals surface area contributed by atoms with Crippen LogP contribution in [0.5, 0.6) is 0 Å². The third-order valence-electron chi connectivity index (χ3n) is 5.00. The van der Waals surface area contributed by atoms with Crippen LogP contribution >= 0.6 is 0 Å². The number of hydrogen-bond donors (Lipinski definition) is 1. The lowest BCUT2D eigenvalue weighted by molar-refractivity contribution is -0.127. The molecule has 2 amide bonds. The minimum absolute atomic E-state index is 0.0929. The Morgan fingerprint density at radius 1 is 0.964 bits per heavy atom. The molecule has 1 N–H and O–H groups in total. The Morgan fingerprint density at radius 2 is 1.64 bits per heavy atom. The highest BCUT2D eigenvalue weighted by atomic mass is 16.2. The van der Waals surface area contributed by atoms with Gasteiger partial charge in [-0.15, -0.1) is 0 Å². The molecule has 1 aliphatic rings. The molecule has 0 unspecified atom stereocenters. The zero-order chi connectivity index (χ0) is 19.9. The van der Waals surface area contributed by atoms with E-state index in [1.807, 2.05) is 87.5 Å². The van der Waals surface area contributed by atoms with Gasteiger partial charge in [-0.1, -0.05) is 66.7 Å². The summed E-state index contributed by atoms with van der Waals surface area (Å²) in [4.78, 5) is 28.3. The van der Waals surface area contributed by atoms with Crippen molar-refractivity contribution in [1.82, 2.24) is 10.2 Å². The van der Waals surface area contributed by atoms with Crippen molar-refractivity contribution in [3.8, 4) is 0 Å². The maximum Gasteiger partial charge on any atom is 0.256 e. The summed E-state index contributed by atoms with van der Waals surface area (Å²) in [7, 11) is 0. The molecule has 0 saturated carbocycles. The van der Waals surface area contributed by atoms with Crippen molar-refractivity contribution in [2.75, 3.05) is 0 Å². The lowest BCUT2D eigenvalue weighted by atomic mass is 10.0. The SMILES string of the molecule is CC(C)(C)NC(=O)[C@H](c1ccccc1)N1Cc2ccc3ccccc3c2C1=O. The van der Waals surface area contributed by atoms with Gasteiger partial charge in [0.05, 0.1) is 5.56 Å². The molecule has 4 heteroatoms. The number of amides is 2. The lowest BCUT2D eigenvalue weighted by Crippen LogP contribution is -2.47. The lowest BCUT2D eigenvalue weighted by Gasteiger charge is -2.31. The maximum absolute atomic E-state index is 13.4. The monoisotopic (exact) mass is 372 g/mol. The summed E-state index contributed by atoms with van der Waals surface area (Å²) < 4.78 is 0. The number of hydrogen-bond acceptors (Lipinski definition) is 2. The third-order valence-corrected chi connectivity index (χ3v) is 5.00. The van der Waals surface area contributed by atoms with Crippen LogP contribution < -0.4 is 5.32 Å². The number of rotatable bonds is 3. The van der Waals surface area contributed by atoms with E-state index in [0.717, 1.165) is 21.9 Å². The molecule has 0 saturated heterocycles. The smallest absolute Gasteiger partial charge is 0.256 e. The molecular formula is C24H24N2O2. The summed E-state index contributed by atoms with van der Waals surface area (Å²) in [6, 6.07) is 20.8. The highest BCUT2D eigenvalue weighted by Gasteiger charge is 2.39. The van der Waals surface area contributed by atoms with Gasteiger partial charge in [-0.25, -0.2) is 0 Å². The van der Waals surface area contributed by atoms with E-state index in [-0.39, 0.29) is 17.4 Å². The quantitative estimate of drug-likeness (QED) is 0.738. The molecule has 0 bridgehead atoms. The molecule has 0 aromatic heterocycles. The Kier molecular flexibility index (Phi) is 4.42. The summed E-state index contributed by atoms with van der Waals surface area (Å²) in [5.41, 5.74) is 2.11. The van der Waals surface area contributed by atoms with Crippen LogP contribution in [0.25, 0.3) is 10.8 Å². The second kappa shape index (κ2) is 6.79. The van der Waals surface area contributed by atoms with E-state index in [0.29, 0.717) is 12.1 Å². The van der Waals surface area contributed by atoms with Crippen LogP contribution in [0.4, 0.5) is 0 Å². The molecule has 3 aromatic rings. The van der Waals surface area contributed by atoms with Crippen LogP contribution in [0.2, 0.25) is 0 Å². The van der Waals surface area contributed by atoms with Gasteiger partial charge in [-0.3, -0.25) is 9.59 Å². The second-order valence-electron chi connectivity index (χ2n) is 8.31. The molecule has 0 fully saturated rings. The van der Waals surface area contributed by atoms with Gasteiger partial charge in [-0.05, 0) is 42.7 Å². The van der Waals surface area contributed by atoms with Crippen LogP contribution in [0.15, 0.2) is 66.7 Å². The van der Waals surface area contributed by atoms with E-state index < -0.39 is 6.04 Å². The molecule has 3 aromatic carbocycles. The van der Waals surface area contributed by atoms with Gasteiger partial charge in [0, 0.05) is 12.1 Å². The number of nitrogens with one attached hydrogen (secondary N) is 1. The van der Waals surface area contributed by atoms with Crippen molar-refractivity contribution in [2.45, 2.75) is 38.9 Å². The van der Waals surface area contributed by atoms with Crippen molar-refractivity contribution in [1.29, 1.82) is 0 Å². The first-order chi connectivity index (χ1) is 13.3. The second-order valence-corrected chi connectivity index (χ2v) is 8.31. The van der Waals surface area contributed by atoms with E-state index in [1.54, 1.807) is 4.90 Å². The van der Waals surface area contributed by atoms with E-state index in [2.05, 4.69) is 5.32 Å². The topological polar surface area (TPSA) is 49.4 Å². The van der Waals surface area contributed by atoms with Crippen molar-refractivity contribution in [2.24, 2.45) is 0 Å². The fourth-order valence-corrected chi connectivity index (χ4v) is 3.85. The Morgan fingerprint density at radius 3 is 2.36 bits per heavy atom. The number of nitrogens with zero attached hydrogens (tertiary/aromatic N) is 1. The van der Waals surface area contributed by atoms with E-state index in [4.69, 9.17) is 0 Å². The Bertz CT molecular complexity index is 1050. The first kappa shape index (κ1) is 18.2. The zero-order valence-electron chi connectivity index (χ0n) is 16.4. The van der Waals surface area contributed by atoms with Gasteiger partial charge < -0.3 is 10.2 Å². The summed E-state index contributed by atoms with van der Waals surface area (Å²) in [6.07, 6.45) is 0. The van der Waals surface area contributed by atoms with Crippen molar-refractivity contribution in [3.63, 3.8) is 0 Å². The number of carbonyl (C=O) groups is 2. The van der Waals surface area contributed by atoms with Crippen molar-refractivity contribution < 1.29 is 9.59 Å². The summed E-state index contributed by atoms with van der Waals surface area (Å²) in [6.45, 7) is 6.26. The standard InChI is InChI=1S/C24H24N2O2/c1-24(2,3)25-22(27)21(17-10-5-4-6-11-17)26-15-18-14-13-16-9-7-8-12-19(16)20(18)23(26)28/h4-14,21H,15H2,1-3H3,(H,25,27)/t21-/m0/s1. The van der Waals surface area contributed by atoms with E-state index in [1.165, 1.54) is 0 Å². The predicted molar refractivity (Wildman–Crippen MR) is 111 cm³/mol. The third kappa shape index (κ3) is 3.26. The van der Waals surface area contributed by atoms with Gasteiger partial charge >= 0.3 is 0 Å². The van der Waals surface area contributed by atoms with Crippen LogP contribution in [0.1, 0.15) is 48.3 Å². The highest BCUT2D eigenvalue weighted by Crippen LogP contribution is 2.35. The molecule has 28 heavy (non-hydrogen) atoms. The predicted octanol–water partition coefficient (Wildman–Crippen LogP) is 4.45. The van der Waals surface area contributed by atoms with Gasteiger partial charge in [0.2, 0.25) is 5.91 Å². The molecule has 1 aliphatic heterocycles. The molecule has 0 radical (unpaired) electrons. The average molecular weight is 372 g/mol. The van der Waals surface area contributed by atoms with Gasteiger partial charge in [0.1, 0.15) is 6.04 Å². The van der Waals surface area contributed by atoms with Crippen LogP contribution in [-0.4, -0.2) is 22.3 Å². The Hall–Kier alpha value is -3.14. The molecule has 1 atom stereocenters. The Labute approximate surface area is 165 Å². The van der Waals surface area contributed by atoms with Gasteiger partial charge in [0.25, 0.3) is 5.91 Å². The van der Waals surface area contributed by atoms with Crippen LogP contribution in [0, 0.1) is 0 Å². The normalized spacial score (nSPS) is 14.8. The fraction of sp³-hybridized carbons (Fsp3) is 0.250. The molecule has 4 rings (SSSR count). The number of carbonyl (C=O) groups excluding carboxylic acids is 2. The first-order valence-corrected chi connectivity index (χ1v) is 9.54. The largest absolute Gasteiger partial charge is 0.349 e. The molecule has 0 aliphatic carbocycles. The average Bonchev–Trinajstić information content (AvgIpc) is 2.98. The van der Waals surface area contributed by atoms with Crippen molar-refractivity contribution in [3.05, 3.63) is 83.4 Å². The van der Waals surface area contributed by atoms with E-state index >= 15 is 0 Å². The van der Waals surface area contributed by atoms with Crippen LogP contribution in [0.3, 0.4) is 0 Å². The maximum atomic E-state index is 13.4. The number of benzene rings is 3. The fourth-order valence-electron chi connectivity index (χ4n) is 3.85. The van der Waals surface area contributed by atoms with Gasteiger partial charge in [0.15, 0.2) is 0 Å². The molecule has 4 nitrogen and oxygen atoms in total. The highest BCUT2D eigenvalue weighted by molar-refractivity contribution is 6.11. The Balaban J connectivity index is 1.78. The van der Waals surface area contributed by atoms with E-state index in [9.17, 15) is 9.59 Å². The summed E-state index contributed by atoms with van der Waals surface area (Å²) >= 11 is 0. The first-order valence-electron chi connectivity index (χ1n) is 9.54. The van der Waals surface area contributed by atoms with Crippen LogP contribution in [-0.2, 0) is 11.3 Å². The molecule has 0 spiro atoms. The molecule has 142 valence electrons.